The van der Waals surface area contributed by atoms with Gasteiger partial charge >= 0.3 is 0 Å². The monoisotopic (exact) mass is 292 g/mol. The molecule has 0 bridgehead atoms. The molecule has 116 valence electrons. The molecular formula is C17H24O4. The maximum atomic E-state index is 9.44. The molecule has 0 unspecified atom stereocenters. The Bertz CT molecular complexity index is 322. The molecule has 2 rings (SSSR count). The lowest BCUT2D eigenvalue weighted by Crippen LogP contribution is -1.78. The average Bonchev–Trinajstić information content (AvgIpc) is 2.42. The summed E-state index contributed by atoms with van der Waals surface area (Å²) in [5.74, 6) is -0.667. The molecule has 0 saturated carbocycles. The SMILES string of the molecule is CC(=O)O.CC(C)=O.O.c1ccccc1.c1ccccc1. The number of Topliss-reactive ketones (excluding diaryl/α,β-unsaturated/α-hetero) is 1. The van der Waals surface area contributed by atoms with E-state index in [1.54, 1.807) is 0 Å². The first-order valence-corrected chi connectivity index (χ1v) is 6.13. The molecule has 0 spiro atoms. The summed E-state index contributed by atoms with van der Waals surface area (Å²) in [7, 11) is 0. The Morgan fingerprint density at radius 1 is 0.571 bits per heavy atom. The highest BCUT2D eigenvalue weighted by Gasteiger charge is 1.65. The van der Waals surface area contributed by atoms with Crippen LogP contribution < -0.4 is 0 Å². The summed E-state index contributed by atoms with van der Waals surface area (Å²) >= 11 is 0. The average molecular weight is 292 g/mol. The molecular weight excluding hydrogens is 268 g/mol. The first-order valence-electron chi connectivity index (χ1n) is 6.13. The Kier molecular flexibility index (Phi) is 22.3. The fraction of sp³-hybridized carbons (Fsp3) is 0.176. The van der Waals surface area contributed by atoms with E-state index in [0.29, 0.717) is 0 Å². The standard InChI is InChI=1S/2C6H6.C3H6O.C2H4O2.H2O/c2*1-2-4-6-5-3-1;1-3(2)4;1-2(3)4;/h2*1-6H;1-2H3;1H3,(H,3,4);1H2. The predicted molar refractivity (Wildman–Crippen MR) is 86.2 cm³/mol. The highest BCUT2D eigenvalue weighted by Crippen LogP contribution is 1.80. The zero-order valence-electron chi connectivity index (χ0n) is 12.7. The number of carbonyl (C=O) groups excluding carboxylic acids is 1. The van der Waals surface area contributed by atoms with E-state index < -0.39 is 5.97 Å². The lowest BCUT2D eigenvalue weighted by molar-refractivity contribution is -0.134. The summed E-state index contributed by atoms with van der Waals surface area (Å²) in [6, 6.07) is 24.0. The van der Waals surface area contributed by atoms with Gasteiger partial charge in [-0.05, 0) is 13.8 Å². The van der Waals surface area contributed by atoms with Crippen LogP contribution >= 0.6 is 0 Å². The number of carboxylic acids is 1. The van der Waals surface area contributed by atoms with Crippen LogP contribution in [-0.2, 0) is 9.59 Å². The maximum Gasteiger partial charge on any atom is 0.300 e. The fourth-order valence-electron chi connectivity index (χ4n) is 0.770. The highest BCUT2D eigenvalue weighted by atomic mass is 16.4. The third-order valence-corrected chi connectivity index (χ3v) is 1.33. The summed E-state index contributed by atoms with van der Waals surface area (Å²) in [6.07, 6.45) is 0. The second-order valence-electron chi connectivity index (χ2n) is 3.74. The Morgan fingerprint density at radius 2 is 0.619 bits per heavy atom. The van der Waals surface area contributed by atoms with Gasteiger partial charge in [-0.15, -0.1) is 0 Å². The maximum absolute atomic E-state index is 9.44. The molecule has 0 heterocycles. The molecule has 21 heavy (non-hydrogen) atoms. The Labute approximate surface area is 126 Å². The smallest absolute Gasteiger partial charge is 0.300 e. The second-order valence-corrected chi connectivity index (χ2v) is 3.74. The Morgan fingerprint density at radius 3 is 0.667 bits per heavy atom. The minimum Gasteiger partial charge on any atom is -0.481 e. The van der Waals surface area contributed by atoms with Gasteiger partial charge in [0.2, 0.25) is 0 Å². The van der Waals surface area contributed by atoms with Crippen LogP contribution in [0.5, 0.6) is 0 Å². The number of ketones is 1. The zero-order valence-corrected chi connectivity index (χ0v) is 12.7. The molecule has 0 aliphatic carbocycles. The molecule has 0 fully saturated rings. The van der Waals surface area contributed by atoms with Gasteiger partial charge in [0.25, 0.3) is 5.97 Å². The minimum atomic E-state index is -0.833. The van der Waals surface area contributed by atoms with E-state index in [4.69, 9.17) is 9.90 Å². The number of hydrogen-bond acceptors (Lipinski definition) is 2. The second kappa shape index (κ2) is 19.9. The van der Waals surface area contributed by atoms with Crippen LogP contribution in [0.15, 0.2) is 72.8 Å². The molecule has 4 nitrogen and oxygen atoms in total. The number of aliphatic carboxylic acids is 1. The van der Waals surface area contributed by atoms with E-state index >= 15 is 0 Å². The van der Waals surface area contributed by atoms with Gasteiger partial charge < -0.3 is 15.4 Å². The largest absolute Gasteiger partial charge is 0.481 e. The lowest BCUT2D eigenvalue weighted by atomic mass is 10.4. The van der Waals surface area contributed by atoms with Crippen molar-refractivity contribution in [1.29, 1.82) is 0 Å². The van der Waals surface area contributed by atoms with E-state index in [0.717, 1.165) is 6.92 Å². The van der Waals surface area contributed by atoms with Crippen LogP contribution in [0.25, 0.3) is 0 Å². The van der Waals surface area contributed by atoms with Crippen LogP contribution in [0, 0.1) is 0 Å². The van der Waals surface area contributed by atoms with Crippen LogP contribution in [0.3, 0.4) is 0 Å². The van der Waals surface area contributed by atoms with Crippen molar-refractivity contribution >= 4 is 11.8 Å². The topological polar surface area (TPSA) is 85.9 Å². The van der Waals surface area contributed by atoms with Gasteiger partial charge in [0, 0.05) is 6.92 Å². The molecule has 0 saturated heterocycles. The third kappa shape index (κ3) is 46.5. The van der Waals surface area contributed by atoms with Crippen molar-refractivity contribution in [2.75, 3.05) is 0 Å². The molecule has 0 aromatic heterocycles. The normalized spacial score (nSPS) is 7.00. The summed E-state index contributed by atoms with van der Waals surface area (Å²) in [4.78, 5) is 18.4. The van der Waals surface area contributed by atoms with Crippen LogP contribution in [0.4, 0.5) is 0 Å². The first kappa shape index (κ1) is 23.6. The first-order chi connectivity index (χ1) is 9.46. The van der Waals surface area contributed by atoms with Gasteiger partial charge in [0.15, 0.2) is 0 Å². The Balaban J connectivity index is -0.000000208. The van der Waals surface area contributed by atoms with Crippen molar-refractivity contribution < 1.29 is 20.2 Å². The third-order valence-electron chi connectivity index (χ3n) is 1.33. The van der Waals surface area contributed by atoms with Crippen molar-refractivity contribution in [3.63, 3.8) is 0 Å². The summed E-state index contributed by atoms with van der Waals surface area (Å²) in [6.45, 7) is 4.14. The summed E-state index contributed by atoms with van der Waals surface area (Å²) < 4.78 is 0. The molecule has 0 aliphatic heterocycles. The van der Waals surface area contributed by atoms with Gasteiger partial charge in [-0.1, -0.05) is 72.8 Å². The summed E-state index contributed by atoms with van der Waals surface area (Å²) in [5, 5.41) is 7.42. The van der Waals surface area contributed by atoms with Crippen molar-refractivity contribution in [1.82, 2.24) is 0 Å². The molecule has 0 aliphatic rings. The van der Waals surface area contributed by atoms with Gasteiger partial charge in [-0.25, -0.2) is 0 Å². The van der Waals surface area contributed by atoms with Gasteiger partial charge in [0.05, 0.1) is 0 Å². The van der Waals surface area contributed by atoms with Crippen molar-refractivity contribution in [3.8, 4) is 0 Å². The van der Waals surface area contributed by atoms with Gasteiger partial charge in [0.1, 0.15) is 5.78 Å². The molecule has 0 atom stereocenters. The van der Waals surface area contributed by atoms with Crippen molar-refractivity contribution in [2.45, 2.75) is 20.8 Å². The van der Waals surface area contributed by atoms with Gasteiger partial charge in [-0.2, -0.15) is 0 Å². The van der Waals surface area contributed by atoms with E-state index in [-0.39, 0.29) is 11.3 Å². The van der Waals surface area contributed by atoms with E-state index in [2.05, 4.69) is 0 Å². The van der Waals surface area contributed by atoms with Crippen LogP contribution in [0.1, 0.15) is 20.8 Å². The zero-order chi connectivity index (χ0) is 15.6. The predicted octanol–water partition coefficient (Wildman–Crippen LogP) is 3.23. The molecule has 0 radical (unpaired) electrons. The van der Waals surface area contributed by atoms with Crippen LogP contribution in [-0.4, -0.2) is 22.3 Å². The number of rotatable bonds is 0. The quantitative estimate of drug-likeness (QED) is 0.808. The number of carbonyl (C=O) groups is 2. The van der Waals surface area contributed by atoms with Crippen molar-refractivity contribution in [2.24, 2.45) is 0 Å². The molecule has 0 amide bonds. The van der Waals surface area contributed by atoms with E-state index in [9.17, 15) is 4.79 Å². The van der Waals surface area contributed by atoms with Crippen molar-refractivity contribution in [3.05, 3.63) is 72.8 Å². The Hall–Kier alpha value is -2.46. The minimum absolute atomic E-state index is 0. The number of hydrogen-bond donors (Lipinski definition) is 1. The lowest BCUT2D eigenvalue weighted by Gasteiger charge is -1.69. The van der Waals surface area contributed by atoms with Gasteiger partial charge in [-0.3, -0.25) is 4.79 Å². The molecule has 3 N–H and O–H groups in total. The van der Waals surface area contributed by atoms with E-state index in [1.165, 1.54) is 13.8 Å². The fourth-order valence-corrected chi connectivity index (χ4v) is 0.770. The molecule has 2 aromatic rings. The summed E-state index contributed by atoms with van der Waals surface area (Å²) in [5.41, 5.74) is 0. The number of benzene rings is 2. The molecule has 4 heteroatoms. The number of carboxylic acid groups (broad SMARTS) is 1. The van der Waals surface area contributed by atoms with Crippen LogP contribution in [0.2, 0.25) is 0 Å². The highest BCUT2D eigenvalue weighted by molar-refractivity contribution is 5.72. The van der Waals surface area contributed by atoms with E-state index in [1.807, 2.05) is 72.8 Å². The molecule has 2 aromatic carbocycles.